The number of anilines is 2. The summed E-state index contributed by atoms with van der Waals surface area (Å²) in [5.74, 6) is -0.129. The maximum absolute atomic E-state index is 13.2. The summed E-state index contributed by atoms with van der Waals surface area (Å²) >= 11 is 0. The minimum Gasteiger partial charge on any atom is -0.280 e. The number of rotatable bonds is 6. The number of aryl methyl sites for hydroxylation is 2. The number of aromatic nitrogens is 2. The van der Waals surface area contributed by atoms with Crippen LogP contribution in [0.1, 0.15) is 17.0 Å². The fraction of sp³-hybridized carbons (Fsp3) is 0.158. The van der Waals surface area contributed by atoms with Crippen molar-refractivity contribution in [3.63, 3.8) is 0 Å². The minimum absolute atomic E-state index is 0.122. The monoisotopic (exact) mass is 486 g/mol. The van der Waals surface area contributed by atoms with Gasteiger partial charge in [-0.1, -0.05) is 12.1 Å². The molecule has 3 aromatic rings. The molecule has 0 fully saturated rings. The van der Waals surface area contributed by atoms with Crippen LogP contribution in [0, 0.1) is 13.8 Å². The zero-order valence-electron chi connectivity index (χ0n) is 16.7. The van der Waals surface area contributed by atoms with Crippen molar-refractivity contribution < 1.29 is 30.0 Å². The van der Waals surface area contributed by atoms with Crippen LogP contribution in [0.3, 0.4) is 0 Å². The van der Waals surface area contributed by atoms with Crippen LogP contribution < -0.4 is 9.44 Å². The third-order valence-electron chi connectivity index (χ3n) is 4.11. The van der Waals surface area contributed by atoms with Gasteiger partial charge in [0.1, 0.15) is 0 Å². The van der Waals surface area contributed by atoms with Gasteiger partial charge < -0.3 is 0 Å². The van der Waals surface area contributed by atoms with E-state index in [1.165, 1.54) is 6.07 Å². The average molecular weight is 486 g/mol. The summed E-state index contributed by atoms with van der Waals surface area (Å²) in [5.41, 5.74) is -0.328. The van der Waals surface area contributed by atoms with Crippen LogP contribution in [-0.2, 0) is 26.2 Å². The lowest BCUT2D eigenvalue weighted by molar-refractivity contribution is -0.139. The van der Waals surface area contributed by atoms with E-state index >= 15 is 0 Å². The molecule has 8 nitrogen and oxygen atoms in total. The van der Waals surface area contributed by atoms with Gasteiger partial charge in [-0.15, -0.1) is 0 Å². The fourth-order valence-electron chi connectivity index (χ4n) is 2.80. The molecule has 0 aliphatic rings. The summed E-state index contributed by atoms with van der Waals surface area (Å²) in [6.45, 7) is 3.34. The molecule has 13 heteroatoms. The van der Waals surface area contributed by atoms with Gasteiger partial charge in [0.15, 0.2) is 0 Å². The van der Waals surface area contributed by atoms with Crippen molar-refractivity contribution >= 4 is 31.7 Å². The van der Waals surface area contributed by atoms with Gasteiger partial charge in [-0.2, -0.15) is 13.2 Å². The van der Waals surface area contributed by atoms with Gasteiger partial charge in [0.2, 0.25) is 5.95 Å². The number of hydrogen-bond acceptors (Lipinski definition) is 6. The van der Waals surface area contributed by atoms with E-state index in [1.807, 2.05) is 4.72 Å². The molecule has 0 spiro atoms. The highest BCUT2D eigenvalue weighted by molar-refractivity contribution is 7.93. The van der Waals surface area contributed by atoms with Crippen LogP contribution >= 0.6 is 0 Å². The van der Waals surface area contributed by atoms with Crippen molar-refractivity contribution in [2.75, 3.05) is 9.44 Å². The van der Waals surface area contributed by atoms with E-state index in [1.54, 1.807) is 19.9 Å². The van der Waals surface area contributed by atoms with E-state index in [4.69, 9.17) is 0 Å². The molecule has 0 radical (unpaired) electrons. The number of nitrogens with zero attached hydrogens (tertiary/aromatic N) is 2. The number of halogens is 3. The van der Waals surface area contributed by atoms with E-state index < -0.39 is 36.7 Å². The number of nitrogens with one attached hydrogen (secondary N) is 2. The molecule has 0 aliphatic heterocycles. The fourth-order valence-corrected chi connectivity index (χ4v) is 5.03. The van der Waals surface area contributed by atoms with E-state index in [0.29, 0.717) is 17.5 Å². The highest BCUT2D eigenvalue weighted by Crippen LogP contribution is 2.34. The Morgan fingerprint density at radius 3 is 1.91 bits per heavy atom. The topological polar surface area (TPSA) is 118 Å². The first-order valence-corrected chi connectivity index (χ1v) is 11.9. The average Bonchev–Trinajstić information content (AvgIpc) is 2.66. The maximum Gasteiger partial charge on any atom is 0.417 e. The van der Waals surface area contributed by atoms with Crippen molar-refractivity contribution in [1.29, 1.82) is 0 Å². The molecule has 0 amide bonds. The van der Waals surface area contributed by atoms with Gasteiger partial charge in [-0.3, -0.25) is 4.72 Å². The Morgan fingerprint density at radius 1 is 0.781 bits per heavy atom. The molecule has 170 valence electrons. The Kier molecular flexibility index (Phi) is 6.15. The Bertz CT molecular complexity index is 1340. The van der Waals surface area contributed by atoms with Gasteiger partial charge in [0, 0.05) is 17.1 Å². The number of alkyl halides is 3. The Morgan fingerprint density at radius 2 is 1.34 bits per heavy atom. The van der Waals surface area contributed by atoms with Crippen LogP contribution in [0.5, 0.6) is 0 Å². The van der Waals surface area contributed by atoms with Gasteiger partial charge in [0.05, 0.1) is 15.4 Å². The van der Waals surface area contributed by atoms with E-state index in [-0.39, 0.29) is 16.5 Å². The normalized spacial score (nSPS) is 12.4. The Balaban J connectivity index is 1.85. The van der Waals surface area contributed by atoms with Crippen LogP contribution in [-0.4, -0.2) is 26.8 Å². The van der Waals surface area contributed by atoms with Crippen molar-refractivity contribution in [2.24, 2.45) is 0 Å². The lowest BCUT2D eigenvalue weighted by atomic mass is 10.2. The molecule has 0 atom stereocenters. The molecule has 1 aromatic heterocycles. The molecular weight excluding hydrogens is 469 g/mol. The van der Waals surface area contributed by atoms with Crippen molar-refractivity contribution in [2.45, 2.75) is 29.8 Å². The molecule has 0 bridgehead atoms. The van der Waals surface area contributed by atoms with Crippen molar-refractivity contribution in [1.82, 2.24) is 9.97 Å². The van der Waals surface area contributed by atoms with Gasteiger partial charge >= 0.3 is 6.18 Å². The Hall–Kier alpha value is -3.19. The first-order valence-electron chi connectivity index (χ1n) is 8.92. The van der Waals surface area contributed by atoms with E-state index in [2.05, 4.69) is 14.7 Å². The summed E-state index contributed by atoms with van der Waals surface area (Å²) in [4.78, 5) is 6.81. The molecular formula is C19H17F3N4O4S2. The number of sulfonamides is 2. The quantitative estimate of drug-likeness (QED) is 0.548. The second-order valence-electron chi connectivity index (χ2n) is 6.70. The van der Waals surface area contributed by atoms with Crippen LogP contribution in [0.4, 0.5) is 24.8 Å². The molecule has 2 N–H and O–H groups in total. The standard InChI is InChI=1S/C19H17F3N4O4S2/c1-12-11-13(2)24-18(23-12)26-31(27,28)15-9-7-14(8-10-15)25-32(29,30)17-6-4-3-5-16(17)19(20,21)22/h3-11,25H,1-2H3,(H,23,24,26). The molecule has 3 rings (SSSR count). The van der Waals surface area contributed by atoms with Crippen LogP contribution in [0.25, 0.3) is 0 Å². The zero-order chi connectivity index (χ0) is 23.7. The molecule has 0 saturated heterocycles. The SMILES string of the molecule is Cc1cc(C)nc(NS(=O)(=O)c2ccc(NS(=O)(=O)c3ccccc3C(F)(F)F)cc2)n1. The maximum atomic E-state index is 13.2. The lowest BCUT2D eigenvalue weighted by Crippen LogP contribution is -2.19. The third kappa shape index (κ3) is 5.34. The summed E-state index contributed by atoms with van der Waals surface area (Å²) in [5, 5.41) is 0. The summed E-state index contributed by atoms with van der Waals surface area (Å²) < 4.78 is 93.8. The van der Waals surface area contributed by atoms with Crippen LogP contribution in [0.2, 0.25) is 0 Å². The minimum atomic E-state index is -4.87. The highest BCUT2D eigenvalue weighted by Gasteiger charge is 2.36. The molecule has 0 unspecified atom stereocenters. The second kappa shape index (κ2) is 8.39. The third-order valence-corrected chi connectivity index (χ3v) is 6.89. The molecule has 0 aliphatic carbocycles. The second-order valence-corrected chi connectivity index (χ2v) is 10.0. The predicted octanol–water partition coefficient (Wildman–Crippen LogP) is 3.71. The van der Waals surface area contributed by atoms with Gasteiger partial charge in [-0.05, 0) is 56.3 Å². The molecule has 2 aromatic carbocycles. The smallest absolute Gasteiger partial charge is 0.280 e. The lowest BCUT2D eigenvalue weighted by Gasteiger charge is -2.14. The largest absolute Gasteiger partial charge is 0.417 e. The zero-order valence-corrected chi connectivity index (χ0v) is 18.3. The summed E-state index contributed by atoms with van der Waals surface area (Å²) in [6.07, 6.45) is -4.87. The first-order chi connectivity index (χ1) is 14.8. The van der Waals surface area contributed by atoms with E-state index in [9.17, 15) is 30.0 Å². The molecule has 1 heterocycles. The highest BCUT2D eigenvalue weighted by atomic mass is 32.2. The number of benzene rings is 2. The van der Waals surface area contributed by atoms with Gasteiger partial charge in [-0.25, -0.2) is 31.5 Å². The number of hydrogen-bond donors (Lipinski definition) is 2. The van der Waals surface area contributed by atoms with Crippen molar-refractivity contribution in [3.8, 4) is 0 Å². The molecule has 0 saturated carbocycles. The Labute approximate surface area is 182 Å². The van der Waals surface area contributed by atoms with Crippen LogP contribution in [0.15, 0.2) is 64.4 Å². The summed E-state index contributed by atoms with van der Waals surface area (Å²) in [7, 11) is -8.68. The van der Waals surface area contributed by atoms with Gasteiger partial charge in [0.25, 0.3) is 20.0 Å². The van der Waals surface area contributed by atoms with Crippen molar-refractivity contribution in [3.05, 3.63) is 71.5 Å². The first kappa shape index (κ1) is 23.5. The van der Waals surface area contributed by atoms with E-state index in [0.717, 1.165) is 36.4 Å². The predicted molar refractivity (Wildman–Crippen MR) is 111 cm³/mol. The summed E-state index contributed by atoms with van der Waals surface area (Å²) in [6, 6.07) is 9.82. The molecule has 32 heavy (non-hydrogen) atoms.